The van der Waals surface area contributed by atoms with Gasteiger partial charge in [0, 0.05) is 38.3 Å². The first-order chi connectivity index (χ1) is 7.81. The van der Waals surface area contributed by atoms with Crippen LogP contribution in [0.4, 0.5) is 0 Å². The molecule has 0 aromatic heterocycles. The molecule has 1 aliphatic carbocycles. The van der Waals surface area contributed by atoms with Crippen LogP contribution >= 0.6 is 0 Å². The summed E-state index contributed by atoms with van der Waals surface area (Å²) in [5.41, 5.74) is 0. The molecule has 1 heterocycles. The van der Waals surface area contributed by atoms with Crippen LogP contribution in [-0.2, 0) is 0 Å². The number of likely N-dealkylation sites (tertiary alicyclic amines) is 1. The minimum absolute atomic E-state index is 0.238. The van der Waals surface area contributed by atoms with E-state index in [1.165, 1.54) is 19.3 Å². The Hall–Kier alpha value is -0.160. The third-order valence-corrected chi connectivity index (χ3v) is 3.62. The van der Waals surface area contributed by atoms with Gasteiger partial charge in [0.05, 0.1) is 6.61 Å². The van der Waals surface area contributed by atoms with E-state index in [-0.39, 0.29) is 13.2 Å². The highest BCUT2D eigenvalue weighted by Crippen LogP contribution is 2.24. The molecule has 1 saturated carbocycles. The van der Waals surface area contributed by atoms with Crippen LogP contribution in [0.25, 0.3) is 0 Å². The smallest absolute Gasteiger partial charge is 0.0558 e. The summed E-state index contributed by atoms with van der Waals surface area (Å²) in [6, 6.07) is 1.30. The molecular formula is C12H24N2O2. The Labute approximate surface area is 97.6 Å². The van der Waals surface area contributed by atoms with Crippen molar-refractivity contribution in [1.82, 2.24) is 10.2 Å². The molecule has 94 valence electrons. The molecular weight excluding hydrogens is 204 g/mol. The maximum Gasteiger partial charge on any atom is 0.0558 e. The van der Waals surface area contributed by atoms with E-state index in [4.69, 9.17) is 10.2 Å². The number of aliphatic hydroxyl groups excluding tert-OH is 2. The molecule has 2 atom stereocenters. The molecule has 3 N–H and O–H groups in total. The molecule has 2 fully saturated rings. The van der Waals surface area contributed by atoms with Crippen LogP contribution in [0.15, 0.2) is 0 Å². The molecule has 1 saturated heterocycles. The lowest BCUT2D eigenvalue weighted by Gasteiger charge is -2.38. The summed E-state index contributed by atoms with van der Waals surface area (Å²) in [5.74, 6) is 0.585. The van der Waals surface area contributed by atoms with Crippen LogP contribution in [0, 0.1) is 5.92 Å². The highest BCUT2D eigenvalue weighted by molar-refractivity contribution is 4.90. The number of aliphatic hydroxyl groups is 2. The van der Waals surface area contributed by atoms with Gasteiger partial charge in [-0.05, 0) is 31.6 Å². The Bertz CT molecular complexity index is 195. The van der Waals surface area contributed by atoms with Crippen LogP contribution in [0.2, 0.25) is 0 Å². The minimum atomic E-state index is 0.238. The maximum atomic E-state index is 9.03. The third-order valence-electron chi connectivity index (χ3n) is 3.62. The zero-order valence-corrected chi connectivity index (χ0v) is 9.94. The van der Waals surface area contributed by atoms with Gasteiger partial charge in [0.2, 0.25) is 0 Å². The Morgan fingerprint density at radius 1 is 1.06 bits per heavy atom. The van der Waals surface area contributed by atoms with Gasteiger partial charge < -0.3 is 15.5 Å². The summed E-state index contributed by atoms with van der Waals surface area (Å²) in [4.78, 5) is 2.32. The summed E-state index contributed by atoms with van der Waals surface area (Å²) in [7, 11) is 0. The van der Waals surface area contributed by atoms with Gasteiger partial charge in [0.15, 0.2) is 0 Å². The Morgan fingerprint density at radius 2 is 1.88 bits per heavy atom. The van der Waals surface area contributed by atoms with Crippen molar-refractivity contribution < 1.29 is 10.2 Å². The van der Waals surface area contributed by atoms with Crippen molar-refractivity contribution in [3.63, 3.8) is 0 Å². The standard InChI is InChI=1S/C12H24N2O2/c15-5-3-10-7-12(13-11-1-2-11)9-14(8-10)4-6-16/h10-13,15-16H,1-9H2. The van der Waals surface area contributed by atoms with E-state index in [0.29, 0.717) is 12.0 Å². The van der Waals surface area contributed by atoms with Crippen LogP contribution in [0.3, 0.4) is 0 Å². The number of β-amino-alcohol motifs (C(OH)–C–C–N with tert-alkyl or cyclic N) is 1. The fourth-order valence-corrected chi connectivity index (χ4v) is 2.72. The number of nitrogens with zero attached hydrogens (tertiary/aromatic N) is 1. The van der Waals surface area contributed by atoms with Gasteiger partial charge in [-0.3, -0.25) is 4.90 Å². The molecule has 16 heavy (non-hydrogen) atoms. The monoisotopic (exact) mass is 228 g/mol. The van der Waals surface area contributed by atoms with E-state index in [1.54, 1.807) is 0 Å². The fourth-order valence-electron chi connectivity index (χ4n) is 2.72. The minimum Gasteiger partial charge on any atom is -0.396 e. The normalized spacial score (nSPS) is 31.9. The molecule has 0 radical (unpaired) electrons. The van der Waals surface area contributed by atoms with E-state index in [0.717, 1.165) is 32.1 Å². The highest BCUT2D eigenvalue weighted by atomic mass is 16.3. The van der Waals surface area contributed by atoms with E-state index in [2.05, 4.69) is 10.2 Å². The summed E-state index contributed by atoms with van der Waals surface area (Å²) in [6.07, 6.45) is 4.71. The van der Waals surface area contributed by atoms with Crippen molar-refractivity contribution in [1.29, 1.82) is 0 Å². The van der Waals surface area contributed by atoms with E-state index >= 15 is 0 Å². The number of hydrogen-bond acceptors (Lipinski definition) is 4. The van der Waals surface area contributed by atoms with Gasteiger partial charge in [0.25, 0.3) is 0 Å². The van der Waals surface area contributed by atoms with Crippen molar-refractivity contribution in [2.45, 2.75) is 37.8 Å². The summed E-state index contributed by atoms with van der Waals surface area (Å²) >= 11 is 0. The summed E-state index contributed by atoms with van der Waals surface area (Å²) < 4.78 is 0. The van der Waals surface area contributed by atoms with Gasteiger partial charge in [-0.25, -0.2) is 0 Å². The van der Waals surface area contributed by atoms with Gasteiger partial charge in [0.1, 0.15) is 0 Å². The largest absolute Gasteiger partial charge is 0.396 e. The van der Waals surface area contributed by atoms with Crippen LogP contribution in [-0.4, -0.2) is 60.0 Å². The summed E-state index contributed by atoms with van der Waals surface area (Å²) in [5, 5.41) is 21.7. The lowest BCUT2D eigenvalue weighted by molar-refractivity contribution is 0.102. The van der Waals surface area contributed by atoms with E-state index in [1.807, 2.05) is 0 Å². The molecule has 0 spiro atoms. The van der Waals surface area contributed by atoms with Crippen LogP contribution in [0.1, 0.15) is 25.7 Å². The molecule has 2 unspecified atom stereocenters. The number of hydrogen-bond donors (Lipinski definition) is 3. The second-order valence-electron chi connectivity index (χ2n) is 5.24. The van der Waals surface area contributed by atoms with E-state index < -0.39 is 0 Å². The molecule has 4 nitrogen and oxygen atoms in total. The number of rotatable bonds is 6. The number of nitrogens with one attached hydrogen (secondary N) is 1. The zero-order valence-electron chi connectivity index (χ0n) is 9.94. The lowest BCUT2D eigenvalue weighted by Crippen LogP contribution is -2.50. The second-order valence-corrected chi connectivity index (χ2v) is 5.24. The van der Waals surface area contributed by atoms with Gasteiger partial charge in [-0.1, -0.05) is 0 Å². The average molecular weight is 228 g/mol. The molecule has 0 amide bonds. The Kier molecular flexibility index (Phi) is 4.58. The molecule has 2 aliphatic rings. The predicted molar refractivity (Wildman–Crippen MR) is 63.3 cm³/mol. The number of piperidine rings is 1. The van der Waals surface area contributed by atoms with Crippen LogP contribution in [0.5, 0.6) is 0 Å². The lowest BCUT2D eigenvalue weighted by atomic mass is 9.91. The highest BCUT2D eigenvalue weighted by Gasteiger charge is 2.30. The van der Waals surface area contributed by atoms with Crippen molar-refractivity contribution in [3.8, 4) is 0 Å². The first-order valence-electron chi connectivity index (χ1n) is 6.52. The molecule has 0 bridgehead atoms. The van der Waals surface area contributed by atoms with Gasteiger partial charge in [-0.15, -0.1) is 0 Å². The molecule has 0 aromatic rings. The fraction of sp³-hybridized carbons (Fsp3) is 1.00. The molecule has 1 aliphatic heterocycles. The summed E-state index contributed by atoms with van der Waals surface area (Å²) in [6.45, 7) is 3.38. The molecule has 4 heteroatoms. The molecule has 2 rings (SSSR count). The predicted octanol–water partition coefficient (Wildman–Crippen LogP) is -0.196. The van der Waals surface area contributed by atoms with Crippen molar-refractivity contribution in [3.05, 3.63) is 0 Å². The zero-order chi connectivity index (χ0) is 11.4. The van der Waals surface area contributed by atoms with Crippen molar-refractivity contribution in [2.24, 2.45) is 5.92 Å². The topological polar surface area (TPSA) is 55.7 Å². The van der Waals surface area contributed by atoms with Crippen LogP contribution < -0.4 is 5.32 Å². The maximum absolute atomic E-state index is 9.03. The second kappa shape index (κ2) is 5.96. The average Bonchev–Trinajstić information content (AvgIpc) is 3.02. The first-order valence-corrected chi connectivity index (χ1v) is 6.52. The molecule has 0 aromatic carbocycles. The Morgan fingerprint density at radius 3 is 2.50 bits per heavy atom. The van der Waals surface area contributed by atoms with Gasteiger partial charge >= 0.3 is 0 Å². The third kappa shape index (κ3) is 3.70. The quantitative estimate of drug-likeness (QED) is 0.589. The SMILES string of the molecule is OCCC1CC(NC2CC2)CN(CCO)C1. The van der Waals surface area contributed by atoms with Crippen molar-refractivity contribution >= 4 is 0 Å². The van der Waals surface area contributed by atoms with Gasteiger partial charge in [-0.2, -0.15) is 0 Å². The first kappa shape index (κ1) is 12.3. The Balaban J connectivity index is 1.81. The van der Waals surface area contributed by atoms with E-state index in [9.17, 15) is 0 Å². The van der Waals surface area contributed by atoms with Crippen molar-refractivity contribution in [2.75, 3.05) is 32.8 Å².